The third-order valence-corrected chi connectivity index (χ3v) is 8.19. The standard InChI is InChI=1S/C23H21N3O5S2/c1-30-19-6-4-5-16-13-20(31-21(16)19)18-14-32-23(24-18)25-22(27)15-7-9-17(10-8-15)33(28,29)26-11-2-3-12-26/h4-10,13-14H,2-3,11-12H2,1H3,(H,24,25,27). The van der Waals surface area contributed by atoms with Crippen molar-refractivity contribution in [3.63, 3.8) is 0 Å². The fourth-order valence-electron chi connectivity index (χ4n) is 3.79. The van der Waals surface area contributed by atoms with Gasteiger partial charge in [-0.1, -0.05) is 12.1 Å². The van der Waals surface area contributed by atoms with E-state index in [9.17, 15) is 13.2 Å². The van der Waals surface area contributed by atoms with E-state index >= 15 is 0 Å². The van der Waals surface area contributed by atoms with Crippen LogP contribution in [0.2, 0.25) is 0 Å². The number of hydrogen-bond acceptors (Lipinski definition) is 7. The lowest BCUT2D eigenvalue weighted by molar-refractivity contribution is 0.102. The van der Waals surface area contributed by atoms with Crippen LogP contribution in [0.1, 0.15) is 23.2 Å². The number of amides is 1. The minimum absolute atomic E-state index is 0.192. The molecule has 10 heteroatoms. The molecule has 1 aliphatic heterocycles. The molecule has 0 atom stereocenters. The zero-order chi connectivity index (χ0) is 23.0. The highest BCUT2D eigenvalue weighted by molar-refractivity contribution is 7.89. The van der Waals surface area contributed by atoms with Crippen LogP contribution in [0.3, 0.4) is 0 Å². The lowest BCUT2D eigenvalue weighted by atomic mass is 10.2. The van der Waals surface area contributed by atoms with Crippen LogP contribution in [0.5, 0.6) is 5.75 Å². The van der Waals surface area contributed by atoms with Crippen LogP contribution in [0.25, 0.3) is 22.4 Å². The molecule has 33 heavy (non-hydrogen) atoms. The van der Waals surface area contributed by atoms with Crippen LogP contribution in [0, 0.1) is 0 Å². The van der Waals surface area contributed by atoms with Gasteiger partial charge >= 0.3 is 0 Å². The number of thiazole rings is 1. The van der Waals surface area contributed by atoms with E-state index in [0.717, 1.165) is 18.2 Å². The molecule has 0 radical (unpaired) electrons. The van der Waals surface area contributed by atoms with E-state index in [-0.39, 0.29) is 10.8 Å². The Morgan fingerprint density at radius 2 is 1.91 bits per heavy atom. The van der Waals surface area contributed by atoms with Gasteiger partial charge in [0.05, 0.1) is 12.0 Å². The van der Waals surface area contributed by atoms with Crippen molar-refractivity contribution in [1.29, 1.82) is 0 Å². The maximum atomic E-state index is 12.7. The number of fused-ring (bicyclic) bond motifs is 1. The third kappa shape index (κ3) is 4.12. The number of carbonyl (C=O) groups is 1. The van der Waals surface area contributed by atoms with E-state index in [0.29, 0.717) is 46.6 Å². The molecule has 1 N–H and O–H groups in total. The van der Waals surface area contributed by atoms with Crippen molar-refractivity contribution in [2.75, 3.05) is 25.5 Å². The first-order valence-corrected chi connectivity index (χ1v) is 12.7. The highest BCUT2D eigenvalue weighted by Crippen LogP contribution is 2.34. The van der Waals surface area contributed by atoms with E-state index in [1.807, 2.05) is 24.3 Å². The third-order valence-electron chi connectivity index (χ3n) is 5.52. The molecular weight excluding hydrogens is 462 g/mol. The van der Waals surface area contributed by atoms with Crippen molar-refractivity contribution < 1.29 is 22.4 Å². The zero-order valence-corrected chi connectivity index (χ0v) is 19.4. The van der Waals surface area contributed by atoms with E-state index in [1.54, 1.807) is 12.5 Å². The van der Waals surface area contributed by atoms with Crippen molar-refractivity contribution in [2.45, 2.75) is 17.7 Å². The zero-order valence-electron chi connectivity index (χ0n) is 17.8. The fraction of sp³-hybridized carbons (Fsp3) is 0.217. The Bertz CT molecular complexity index is 1420. The molecule has 0 saturated carbocycles. The number of aromatic nitrogens is 1. The maximum Gasteiger partial charge on any atom is 0.257 e. The summed E-state index contributed by atoms with van der Waals surface area (Å²) in [6.07, 6.45) is 1.74. The minimum Gasteiger partial charge on any atom is -0.493 e. The Morgan fingerprint density at radius 1 is 1.15 bits per heavy atom. The highest BCUT2D eigenvalue weighted by atomic mass is 32.2. The van der Waals surface area contributed by atoms with Gasteiger partial charge in [-0.25, -0.2) is 13.4 Å². The minimum atomic E-state index is -3.51. The second-order valence-electron chi connectivity index (χ2n) is 7.62. The second kappa shape index (κ2) is 8.62. The summed E-state index contributed by atoms with van der Waals surface area (Å²) in [4.78, 5) is 17.3. The van der Waals surface area contributed by atoms with Gasteiger partial charge in [0.25, 0.3) is 5.91 Å². The van der Waals surface area contributed by atoms with Gasteiger partial charge < -0.3 is 9.15 Å². The number of anilines is 1. The second-order valence-corrected chi connectivity index (χ2v) is 10.4. The Labute approximate surface area is 194 Å². The largest absolute Gasteiger partial charge is 0.493 e. The average molecular weight is 484 g/mol. The summed E-state index contributed by atoms with van der Waals surface area (Å²) in [6, 6.07) is 13.5. The van der Waals surface area contributed by atoms with E-state index in [4.69, 9.17) is 9.15 Å². The number of carbonyl (C=O) groups excluding carboxylic acids is 1. The smallest absolute Gasteiger partial charge is 0.257 e. The quantitative estimate of drug-likeness (QED) is 0.430. The van der Waals surface area contributed by atoms with E-state index in [2.05, 4.69) is 10.3 Å². The van der Waals surface area contributed by atoms with Gasteiger partial charge in [0, 0.05) is 29.4 Å². The number of hydrogen-bond donors (Lipinski definition) is 1. The lowest BCUT2D eigenvalue weighted by Gasteiger charge is -2.15. The highest BCUT2D eigenvalue weighted by Gasteiger charge is 2.27. The summed E-state index contributed by atoms with van der Waals surface area (Å²) < 4.78 is 38.0. The summed E-state index contributed by atoms with van der Waals surface area (Å²) in [6.45, 7) is 1.07. The summed E-state index contributed by atoms with van der Waals surface area (Å²) in [5.74, 6) is 0.840. The van der Waals surface area contributed by atoms with Crippen molar-refractivity contribution >= 4 is 43.4 Å². The number of para-hydroxylation sites is 1. The molecule has 4 aromatic rings. The molecular formula is C23H21N3O5S2. The van der Waals surface area contributed by atoms with Gasteiger partial charge in [-0.05, 0) is 49.2 Å². The number of nitrogens with one attached hydrogen (secondary N) is 1. The first-order chi connectivity index (χ1) is 16.0. The van der Waals surface area contributed by atoms with Crippen LogP contribution in [-0.4, -0.2) is 43.8 Å². The first kappa shape index (κ1) is 21.6. The van der Waals surface area contributed by atoms with Gasteiger partial charge in [0.2, 0.25) is 10.0 Å². The SMILES string of the molecule is COc1cccc2cc(-c3csc(NC(=O)c4ccc(S(=O)(=O)N5CCCC5)cc4)n3)oc12. The van der Waals surface area contributed by atoms with Crippen molar-refractivity contribution in [3.05, 3.63) is 59.5 Å². The molecule has 0 spiro atoms. The van der Waals surface area contributed by atoms with Crippen LogP contribution in [-0.2, 0) is 10.0 Å². The maximum absolute atomic E-state index is 12.7. The van der Waals surface area contributed by atoms with Crippen molar-refractivity contribution in [1.82, 2.24) is 9.29 Å². The number of benzene rings is 2. The van der Waals surface area contributed by atoms with Crippen molar-refractivity contribution in [2.24, 2.45) is 0 Å². The average Bonchev–Trinajstić information content (AvgIpc) is 3.59. The Balaban J connectivity index is 1.31. The van der Waals surface area contributed by atoms with Gasteiger partial charge in [-0.3, -0.25) is 10.1 Å². The first-order valence-electron chi connectivity index (χ1n) is 10.4. The molecule has 0 unspecified atom stereocenters. The molecule has 0 aliphatic carbocycles. The van der Waals surface area contributed by atoms with Gasteiger partial charge in [0.1, 0.15) is 5.69 Å². The molecule has 3 heterocycles. The van der Waals surface area contributed by atoms with Gasteiger partial charge in [-0.15, -0.1) is 11.3 Å². The predicted molar refractivity (Wildman–Crippen MR) is 126 cm³/mol. The molecule has 2 aromatic heterocycles. The summed E-state index contributed by atoms with van der Waals surface area (Å²) in [5.41, 5.74) is 1.58. The summed E-state index contributed by atoms with van der Waals surface area (Å²) in [7, 11) is -1.93. The van der Waals surface area contributed by atoms with Crippen LogP contribution < -0.4 is 10.1 Å². The van der Waals surface area contributed by atoms with Gasteiger partial charge in [-0.2, -0.15) is 4.31 Å². The Kier molecular flexibility index (Phi) is 5.65. The van der Waals surface area contributed by atoms with Crippen LogP contribution in [0.15, 0.2) is 63.2 Å². The normalized spacial score (nSPS) is 14.6. The Morgan fingerprint density at radius 3 is 2.64 bits per heavy atom. The molecule has 170 valence electrons. The predicted octanol–water partition coefficient (Wildman–Crippen LogP) is 4.60. The number of furan rings is 1. The molecule has 0 bridgehead atoms. The molecule has 8 nitrogen and oxygen atoms in total. The molecule has 1 aliphatic rings. The van der Waals surface area contributed by atoms with Gasteiger partial charge in [0.15, 0.2) is 22.2 Å². The Hall–Kier alpha value is -3.21. The van der Waals surface area contributed by atoms with Crippen LogP contribution >= 0.6 is 11.3 Å². The molecule has 1 saturated heterocycles. The van der Waals surface area contributed by atoms with Crippen molar-refractivity contribution in [3.8, 4) is 17.2 Å². The fourth-order valence-corrected chi connectivity index (χ4v) is 6.00. The topological polar surface area (TPSA) is 102 Å². The summed E-state index contributed by atoms with van der Waals surface area (Å²) in [5, 5.41) is 5.87. The number of ether oxygens (including phenoxy) is 1. The van der Waals surface area contributed by atoms with E-state index < -0.39 is 10.0 Å². The number of rotatable bonds is 6. The molecule has 1 fully saturated rings. The van der Waals surface area contributed by atoms with E-state index in [1.165, 1.54) is 39.9 Å². The number of methoxy groups -OCH3 is 1. The lowest BCUT2D eigenvalue weighted by Crippen LogP contribution is -2.27. The van der Waals surface area contributed by atoms with Crippen LogP contribution in [0.4, 0.5) is 5.13 Å². The molecule has 2 aromatic carbocycles. The monoisotopic (exact) mass is 483 g/mol. The summed E-state index contributed by atoms with van der Waals surface area (Å²) >= 11 is 1.27. The molecule has 5 rings (SSSR count). The molecule has 1 amide bonds. The number of sulfonamides is 1. The number of nitrogens with zero attached hydrogens (tertiary/aromatic N) is 2.